The Morgan fingerprint density at radius 3 is 2.43 bits per heavy atom. The molecule has 0 bridgehead atoms. The SMILES string of the molecule is COc1ccc(C(C)NC(=O)/C(C#N)=C\Nc2ccc(C)cc2C)cc1OC. The molecule has 0 aliphatic heterocycles. The average Bonchev–Trinajstić information content (AvgIpc) is 2.69. The predicted molar refractivity (Wildman–Crippen MR) is 109 cm³/mol. The maximum Gasteiger partial charge on any atom is 0.263 e. The molecule has 6 heteroatoms. The van der Waals surface area contributed by atoms with Crippen LogP contribution >= 0.6 is 0 Å². The number of anilines is 1. The first-order valence-electron chi connectivity index (χ1n) is 8.86. The van der Waals surface area contributed by atoms with Crippen LogP contribution in [0.2, 0.25) is 0 Å². The van der Waals surface area contributed by atoms with E-state index in [9.17, 15) is 10.1 Å². The fourth-order valence-corrected chi connectivity index (χ4v) is 2.75. The van der Waals surface area contributed by atoms with Gasteiger partial charge in [0.1, 0.15) is 11.6 Å². The number of ether oxygens (including phenoxy) is 2. The first kappa shape index (κ1) is 20.8. The lowest BCUT2D eigenvalue weighted by molar-refractivity contribution is -0.117. The van der Waals surface area contributed by atoms with Gasteiger partial charge in [0.2, 0.25) is 0 Å². The van der Waals surface area contributed by atoms with Gasteiger partial charge < -0.3 is 20.1 Å². The summed E-state index contributed by atoms with van der Waals surface area (Å²) in [4.78, 5) is 12.5. The molecule has 2 aromatic rings. The van der Waals surface area contributed by atoms with Gasteiger partial charge in [0.05, 0.1) is 20.3 Å². The summed E-state index contributed by atoms with van der Waals surface area (Å²) in [5, 5.41) is 15.2. The molecule has 0 heterocycles. The fourth-order valence-electron chi connectivity index (χ4n) is 2.75. The van der Waals surface area contributed by atoms with Gasteiger partial charge in [-0.1, -0.05) is 23.8 Å². The number of carbonyl (C=O) groups excluding carboxylic acids is 1. The second kappa shape index (κ2) is 9.47. The lowest BCUT2D eigenvalue weighted by Gasteiger charge is -2.16. The van der Waals surface area contributed by atoms with E-state index in [0.29, 0.717) is 11.5 Å². The van der Waals surface area contributed by atoms with E-state index in [4.69, 9.17) is 9.47 Å². The van der Waals surface area contributed by atoms with Gasteiger partial charge >= 0.3 is 0 Å². The van der Waals surface area contributed by atoms with Crippen LogP contribution in [0.5, 0.6) is 11.5 Å². The predicted octanol–water partition coefficient (Wildman–Crippen LogP) is 4.02. The van der Waals surface area contributed by atoms with Gasteiger partial charge in [0.15, 0.2) is 11.5 Å². The number of carbonyl (C=O) groups is 1. The number of amides is 1. The number of nitriles is 1. The zero-order chi connectivity index (χ0) is 20.7. The van der Waals surface area contributed by atoms with Gasteiger partial charge in [-0.3, -0.25) is 4.79 Å². The minimum Gasteiger partial charge on any atom is -0.493 e. The van der Waals surface area contributed by atoms with Crippen molar-refractivity contribution in [1.82, 2.24) is 5.32 Å². The molecule has 1 amide bonds. The molecule has 0 spiro atoms. The van der Waals surface area contributed by atoms with Gasteiger partial charge in [-0.05, 0) is 50.1 Å². The van der Waals surface area contributed by atoms with Crippen molar-refractivity contribution < 1.29 is 14.3 Å². The molecule has 146 valence electrons. The number of hydrogen-bond donors (Lipinski definition) is 2. The molecule has 28 heavy (non-hydrogen) atoms. The van der Waals surface area contributed by atoms with E-state index in [2.05, 4.69) is 10.6 Å². The van der Waals surface area contributed by atoms with Gasteiger partial charge in [-0.2, -0.15) is 5.26 Å². The quantitative estimate of drug-likeness (QED) is 0.561. The Bertz CT molecular complexity index is 929. The van der Waals surface area contributed by atoms with Crippen molar-refractivity contribution in [1.29, 1.82) is 5.26 Å². The smallest absolute Gasteiger partial charge is 0.263 e. The van der Waals surface area contributed by atoms with Crippen LogP contribution < -0.4 is 20.1 Å². The highest BCUT2D eigenvalue weighted by Crippen LogP contribution is 2.30. The van der Waals surface area contributed by atoms with Crippen LogP contribution in [-0.4, -0.2) is 20.1 Å². The Balaban J connectivity index is 2.11. The highest BCUT2D eigenvalue weighted by Gasteiger charge is 2.15. The molecule has 0 aliphatic carbocycles. The lowest BCUT2D eigenvalue weighted by atomic mass is 10.1. The number of methoxy groups -OCH3 is 2. The van der Waals surface area contributed by atoms with Gasteiger partial charge in [-0.25, -0.2) is 0 Å². The molecule has 0 aromatic heterocycles. The number of hydrogen-bond acceptors (Lipinski definition) is 5. The standard InChI is InChI=1S/C22H25N3O3/c1-14-6-8-19(15(2)10-14)24-13-18(12-23)22(26)25-16(3)17-7-9-20(27-4)21(11-17)28-5/h6-11,13,16,24H,1-5H3,(H,25,26)/b18-13-. The zero-order valence-electron chi connectivity index (χ0n) is 16.8. The van der Waals surface area contributed by atoms with Gasteiger partial charge in [-0.15, -0.1) is 0 Å². The number of benzene rings is 2. The van der Waals surface area contributed by atoms with Crippen molar-refractivity contribution in [2.45, 2.75) is 26.8 Å². The molecule has 0 saturated carbocycles. The Labute approximate surface area is 165 Å². The average molecular weight is 379 g/mol. The normalized spacial score (nSPS) is 11.9. The van der Waals surface area contributed by atoms with Crippen molar-refractivity contribution in [3.63, 3.8) is 0 Å². The van der Waals surface area contributed by atoms with E-state index in [0.717, 1.165) is 22.4 Å². The van der Waals surface area contributed by atoms with Crippen molar-refractivity contribution in [2.24, 2.45) is 0 Å². The molecule has 2 rings (SSSR count). The Kier molecular flexibility index (Phi) is 7.05. The lowest BCUT2D eigenvalue weighted by Crippen LogP contribution is -2.28. The maximum absolute atomic E-state index is 12.5. The summed E-state index contributed by atoms with van der Waals surface area (Å²) in [6.07, 6.45) is 1.42. The number of nitrogens with zero attached hydrogens (tertiary/aromatic N) is 1. The van der Waals surface area contributed by atoms with E-state index in [-0.39, 0.29) is 11.6 Å². The van der Waals surface area contributed by atoms with Crippen LogP contribution in [0.3, 0.4) is 0 Å². The third-order valence-electron chi connectivity index (χ3n) is 4.37. The zero-order valence-corrected chi connectivity index (χ0v) is 16.8. The Morgan fingerprint density at radius 2 is 1.82 bits per heavy atom. The van der Waals surface area contributed by atoms with Crippen LogP contribution in [0.15, 0.2) is 48.2 Å². The molecule has 0 aliphatic rings. The monoisotopic (exact) mass is 379 g/mol. The summed E-state index contributed by atoms with van der Waals surface area (Å²) in [6.45, 7) is 5.82. The van der Waals surface area contributed by atoms with E-state index in [1.54, 1.807) is 26.4 Å². The molecule has 1 atom stereocenters. The molecule has 2 aromatic carbocycles. The third kappa shape index (κ3) is 5.04. The molecule has 0 radical (unpaired) electrons. The molecule has 6 nitrogen and oxygen atoms in total. The summed E-state index contributed by atoms with van der Waals surface area (Å²) in [7, 11) is 3.12. The minimum atomic E-state index is -0.456. The van der Waals surface area contributed by atoms with Crippen molar-refractivity contribution in [3.8, 4) is 17.6 Å². The molecular weight excluding hydrogens is 354 g/mol. The molecule has 1 unspecified atom stereocenters. The number of nitrogens with one attached hydrogen (secondary N) is 2. The fraction of sp³-hybridized carbons (Fsp3) is 0.273. The summed E-state index contributed by atoms with van der Waals surface area (Å²) >= 11 is 0. The van der Waals surface area contributed by atoms with E-state index >= 15 is 0 Å². The Hall–Kier alpha value is -3.46. The van der Waals surface area contributed by atoms with E-state index in [1.165, 1.54) is 6.20 Å². The van der Waals surface area contributed by atoms with Crippen LogP contribution in [0, 0.1) is 25.2 Å². The molecular formula is C22H25N3O3. The molecule has 0 fully saturated rings. The summed E-state index contributed by atoms with van der Waals surface area (Å²) in [5.74, 6) is 0.732. The second-order valence-corrected chi connectivity index (χ2v) is 6.44. The van der Waals surface area contributed by atoms with Gasteiger partial charge in [0, 0.05) is 11.9 Å². The highest BCUT2D eigenvalue weighted by atomic mass is 16.5. The number of rotatable bonds is 7. The second-order valence-electron chi connectivity index (χ2n) is 6.44. The molecule has 0 saturated heterocycles. The topological polar surface area (TPSA) is 83.4 Å². The van der Waals surface area contributed by atoms with Crippen LogP contribution in [-0.2, 0) is 4.79 Å². The van der Waals surface area contributed by atoms with Crippen molar-refractivity contribution in [3.05, 3.63) is 64.9 Å². The van der Waals surface area contributed by atoms with E-state index < -0.39 is 5.91 Å². The van der Waals surface area contributed by atoms with Crippen LogP contribution in [0.25, 0.3) is 0 Å². The van der Waals surface area contributed by atoms with E-state index in [1.807, 2.05) is 51.1 Å². The van der Waals surface area contributed by atoms with Crippen molar-refractivity contribution >= 4 is 11.6 Å². The van der Waals surface area contributed by atoms with Crippen LogP contribution in [0.4, 0.5) is 5.69 Å². The third-order valence-corrected chi connectivity index (χ3v) is 4.37. The minimum absolute atomic E-state index is 0.00713. The van der Waals surface area contributed by atoms with Gasteiger partial charge in [0.25, 0.3) is 5.91 Å². The first-order chi connectivity index (χ1) is 13.4. The Morgan fingerprint density at radius 1 is 1.11 bits per heavy atom. The first-order valence-corrected chi connectivity index (χ1v) is 8.86. The van der Waals surface area contributed by atoms with Crippen molar-refractivity contribution in [2.75, 3.05) is 19.5 Å². The highest BCUT2D eigenvalue weighted by molar-refractivity contribution is 5.97. The largest absolute Gasteiger partial charge is 0.493 e. The van der Waals surface area contributed by atoms with Crippen LogP contribution in [0.1, 0.15) is 29.7 Å². The number of aryl methyl sites for hydroxylation is 2. The maximum atomic E-state index is 12.5. The summed E-state index contributed by atoms with van der Waals surface area (Å²) < 4.78 is 10.5. The summed E-state index contributed by atoms with van der Waals surface area (Å²) in [5.41, 5.74) is 3.86. The summed E-state index contributed by atoms with van der Waals surface area (Å²) in [6, 6.07) is 13.0. The molecule has 2 N–H and O–H groups in total.